The molecule has 106 valence electrons. The Bertz CT molecular complexity index is 779. The highest BCUT2D eigenvalue weighted by Crippen LogP contribution is 2.24. The zero-order valence-corrected chi connectivity index (χ0v) is 12.3. The minimum absolute atomic E-state index is 0.0614. The van der Waals surface area contributed by atoms with Gasteiger partial charge in [-0.05, 0) is 30.5 Å². The van der Waals surface area contributed by atoms with Crippen LogP contribution in [0.15, 0.2) is 52.9 Å². The molecule has 0 aliphatic carbocycles. The molecule has 2 aromatic carbocycles. The maximum absolute atomic E-state index is 12.5. The molecule has 0 bridgehead atoms. The fraction of sp³-hybridized carbons (Fsp3) is 0.211. The molecule has 0 unspecified atom stereocenters. The maximum Gasteiger partial charge on any atom is 0.228 e. The molecular weight excluding hydrogens is 260 g/mol. The quantitative estimate of drug-likeness (QED) is 0.634. The second kappa shape index (κ2) is 5.57. The molecule has 0 saturated carbocycles. The van der Waals surface area contributed by atoms with Gasteiger partial charge in [0, 0.05) is 10.9 Å². The van der Waals surface area contributed by atoms with Gasteiger partial charge in [0.1, 0.15) is 5.58 Å². The van der Waals surface area contributed by atoms with Crippen molar-refractivity contribution < 1.29 is 9.21 Å². The second-order valence-electron chi connectivity index (χ2n) is 5.38. The molecule has 0 spiro atoms. The van der Waals surface area contributed by atoms with Crippen molar-refractivity contribution in [3.05, 3.63) is 71.0 Å². The summed E-state index contributed by atoms with van der Waals surface area (Å²) in [5, 5.41) is 0.973. The largest absolute Gasteiger partial charge is 0.452 e. The van der Waals surface area contributed by atoms with Gasteiger partial charge in [0.15, 0.2) is 5.76 Å². The number of hydrogen-bond acceptors (Lipinski definition) is 2. The van der Waals surface area contributed by atoms with E-state index in [1.165, 1.54) is 5.56 Å². The summed E-state index contributed by atoms with van der Waals surface area (Å²) in [5.41, 5.74) is 3.77. The Morgan fingerprint density at radius 2 is 1.86 bits per heavy atom. The number of aryl methyl sites for hydroxylation is 2. The Morgan fingerprint density at radius 3 is 2.52 bits per heavy atom. The SMILES string of the molecule is CCCc1ccc(C(=O)c2cc3cccc(C)c3o2)cc1. The first kappa shape index (κ1) is 13.6. The number of furan rings is 1. The van der Waals surface area contributed by atoms with Gasteiger partial charge in [-0.1, -0.05) is 55.8 Å². The zero-order valence-electron chi connectivity index (χ0n) is 12.3. The molecule has 1 heterocycles. The highest BCUT2D eigenvalue weighted by Gasteiger charge is 2.15. The van der Waals surface area contributed by atoms with Crippen LogP contribution in [0.25, 0.3) is 11.0 Å². The van der Waals surface area contributed by atoms with E-state index in [2.05, 4.69) is 6.92 Å². The highest BCUT2D eigenvalue weighted by atomic mass is 16.3. The molecule has 0 amide bonds. The van der Waals surface area contributed by atoms with Gasteiger partial charge in [-0.15, -0.1) is 0 Å². The monoisotopic (exact) mass is 278 g/mol. The van der Waals surface area contributed by atoms with Crippen molar-refractivity contribution in [2.45, 2.75) is 26.7 Å². The second-order valence-corrected chi connectivity index (χ2v) is 5.38. The molecule has 0 atom stereocenters. The number of para-hydroxylation sites is 1. The molecule has 0 aliphatic rings. The number of carbonyl (C=O) groups is 1. The van der Waals surface area contributed by atoms with Gasteiger partial charge in [-0.25, -0.2) is 0 Å². The number of ketones is 1. The molecular formula is C19H18O2. The van der Waals surface area contributed by atoms with Crippen LogP contribution < -0.4 is 0 Å². The van der Waals surface area contributed by atoms with E-state index in [4.69, 9.17) is 4.42 Å². The standard InChI is InChI=1S/C19H18O2/c1-3-5-14-8-10-15(11-9-14)18(20)17-12-16-7-4-6-13(2)19(16)21-17/h4,6-12H,3,5H2,1-2H3. The van der Waals surface area contributed by atoms with Crippen molar-refractivity contribution in [2.75, 3.05) is 0 Å². The normalized spacial score (nSPS) is 11.0. The number of hydrogen-bond donors (Lipinski definition) is 0. The third kappa shape index (κ3) is 2.62. The van der Waals surface area contributed by atoms with Gasteiger partial charge >= 0.3 is 0 Å². The Morgan fingerprint density at radius 1 is 1.10 bits per heavy atom. The van der Waals surface area contributed by atoms with Crippen LogP contribution in [0.3, 0.4) is 0 Å². The molecule has 3 rings (SSSR count). The van der Waals surface area contributed by atoms with Crippen molar-refractivity contribution >= 4 is 16.8 Å². The fourth-order valence-corrected chi connectivity index (χ4v) is 2.57. The predicted molar refractivity (Wildman–Crippen MR) is 84.8 cm³/mol. The molecule has 21 heavy (non-hydrogen) atoms. The summed E-state index contributed by atoms with van der Waals surface area (Å²) < 4.78 is 5.74. The van der Waals surface area contributed by atoms with Gasteiger partial charge in [-0.3, -0.25) is 4.79 Å². The van der Waals surface area contributed by atoms with Gasteiger partial charge < -0.3 is 4.42 Å². The molecule has 0 aliphatic heterocycles. The van der Waals surface area contributed by atoms with Crippen molar-refractivity contribution in [3.63, 3.8) is 0 Å². The Labute approximate surface area is 124 Å². The van der Waals surface area contributed by atoms with Gasteiger partial charge in [-0.2, -0.15) is 0 Å². The Hall–Kier alpha value is -2.35. The number of benzene rings is 2. The molecule has 0 radical (unpaired) electrons. The van der Waals surface area contributed by atoms with Crippen LogP contribution in [0.5, 0.6) is 0 Å². The predicted octanol–water partition coefficient (Wildman–Crippen LogP) is 4.92. The van der Waals surface area contributed by atoms with Crippen molar-refractivity contribution in [2.24, 2.45) is 0 Å². The number of rotatable bonds is 4. The lowest BCUT2D eigenvalue weighted by molar-refractivity contribution is 0.101. The van der Waals surface area contributed by atoms with Crippen molar-refractivity contribution in [3.8, 4) is 0 Å². The highest BCUT2D eigenvalue weighted by molar-refractivity contribution is 6.09. The number of fused-ring (bicyclic) bond motifs is 1. The van der Waals surface area contributed by atoms with Crippen LogP contribution in [0, 0.1) is 6.92 Å². The molecule has 2 nitrogen and oxygen atoms in total. The molecule has 0 fully saturated rings. The van der Waals surface area contributed by atoms with Crippen LogP contribution in [0.1, 0.15) is 40.6 Å². The van der Waals surface area contributed by atoms with Crippen molar-refractivity contribution in [1.82, 2.24) is 0 Å². The van der Waals surface area contributed by atoms with E-state index in [9.17, 15) is 4.79 Å². The van der Waals surface area contributed by atoms with Crippen LogP contribution in [-0.2, 0) is 6.42 Å². The van der Waals surface area contributed by atoms with Crippen molar-refractivity contribution in [1.29, 1.82) is 0 Å². The van der Waals surface area contributed by atoms with E-state index in [1.807, 2.05) is 55.5 Å². The third-order valence-corrected chi connectivity index (χ3v) is 3.72. The lowest BCUT2D eigenvalue weighted by atomic mass is 10.0. The third-order valence-electron chi connectivity index (χ3n) is 3.72. The van der Waals surface area contributed by atoms with Crippen LogP contribution in [-0.4, -0.2) is 5.78 Å². The summed E-state index contributed by atoms with van der Waals surface area (Å²) >= 11 is 0. The summed E-state index contributed by atoms with van der Waals surface area (Å²) in [5.74, 6) is 0.344. The smallest absolute Gasteiger partial charge is 0.228 e. The molecule has 2 heteroatoms. The molecule has 1 aromatic heterocycles. The van der Waals surface area contributed by atoms with E-state index in [-0.39, 0.29) is 5.78 Å². The Balaban J connectivity index is 1.94. The molecule has 0 N–H and O–H groups in total. The van der Waals surface area contributed by atoms with E-state index in [1.54, 1.807) is 0 Å². The summed E-state index contributed by atoms with van der Waals surface area (Å²) in [7, 11) is 0. The average molecular weight is 278 g/mol. The lowest BCUT2D eigenvalue weighted by Crippen LogP contribution is -1.99. The fourth-order valence-electron chi connectivity index (χ4n) is 2.57. The summed E-state index contributed by atoms with van der Waals surface area (Å²) in [6, 6.07) is 15.5. The average Bonchev–Trinajstić information content (AvgIpc) is 2.93. The van der Waals surface area contributed by atoms with Gasteiger partial charge in [0.05, 0.1) is 0 Å². The Kier molecular flexibility index (Phi) is 3.61. The minimum Gasteiger partial charge on any atom is -0.452 e. The lowest BCUT2D eigenvalue weighted by Gasteiger charge is -2.01. The van der Waals surface area contributed by atoms with E-state index in [0.29, 0.717) is 11.3 Å². The van der Waals surface area contributed by atoms with Crippen LogP contribution in [0.2, 0.25) is 0 Å². The topological polar surface area (TPSA) is 30.2 Å². The first-order valence-corrected chi connectivity index (χ1v) is 7.32. The summed E-state index contributed by atoms with van der Waals surface area (Å²) in [6.07, 6.45) is 2.15. The van der Waals surface area contributed by atoms with E-state index < -0.39 is 0 Å². The number of carbonyl (C=O) groups excluding carboxylic acids is 1. The first-order valence-electron chi connectivity index (χ1n) is 7.32. The summed E-state index contributed by atoms with van der Waals surface area (Å²) in [4.78, 5) is 12.5. The molecule has 3 aromatic rings. The molecule has 0 saturated heterocycles. The first-order chi connectivity index (χ1) is 10.2. The van der Waals surface area contributed by atoms with Gasteiger partial charge in [0.25, 0.3) is 0 Å². The van der Waals surface area contributed by atoms with E-state index >= 15 is 0 Å². The van der Waals surface area contributed by atoms with Gasteiger partial charge in [0.2, 0.25) is 5.78 Å². The van der Waals surface area contributed by atoms with Crippen LogP contribution in [0.4, 0.5) is 0 Å². The zero-order chi connectivity index (χ0) is 14.8. The van der Waals surface area contributed by atoms with Crippen LogP contribution >= 0.6 is 0 Å². The maximum atomic E-state index is 12.5. The minimum atomic E-state index is -0.0614. The summed E-state index contributed by atoms with van der Waals surface area (Å²) in [6.45, 7) is 4.13. The van der Waals surface area contributed by atoms with E-state index in [0.717, 1.165) is 29.4 Å².